The number of carbonyl (C=O) groups is 1. The van der Waals surface area contributed by atoms with Gasteiger partial charge in [0.2, 0.25) is 5.43 Å². The van der Waals surface area contributed by atoms with Crippen molar-refractivity contribution in [3.63, 3.8) is 0 Å². The lowest BCUT2D eigenvalue weighted by molar-refractivity contribution is -0.135. The Hall–Kier alpha value is -4.52. The fourth-order valence-corrected chi connectivity index (χ4v) is 4.40. The SMILES string of the molecule is C=C(C)COc1ccc(C2CC(=O)Oc3ccc4c(=O)c(-c5ccc(O)cc5)coc4c32)cc1OC. The normalized spacial score (nSPS) is 14.7. The van der Waals surface area contributed by atoms with E-state index in [9.17, 15) is 14.7 Å². The minimum absolute atomic E-state index is 0.0741. The van der Waals surface area contributed by atoms with Crippen molar-refractivity contribution in [2.24, 2.45) is 0 Å². The molecule has 7 nitrogen and oxygen atoms in total. The molecule has 1 N–H and O–H groups in total. The number of methoxy groups -OCH3 is 1. The Kier molecular flexibility index (Phi) is 5.98. The summed E-state index contributed by atoms with van der Waals surface area (Å²) in [7, 11) is 1.55. The molecule has 1 aliphatic heterocycles. The van der Waals surface area contributed by atoms with Gasteiger partial charge in [-0.25, -0.2) is 0 Å². The van der Waals surface area contributed by atoms with Crippen LogP contribution in [0.3, 0.4) is 0 Å². The van der Waals surface area contributed by atoms with Crippen LogP contribution < -0.4 is 19.6 Å². The van der Waals surface area contributed by atoms with Gasteiger partial charge in [0.05, 0.1) is 24.5 Å². The van der Waals surface area contributed by atoms with Crippen molar-refractivity contribution in [1.29, 1.82) is 0 Å². The van der Waals surface area contributed by atoms with Crippen LogP contribution in [-0.2, 0) is 4.79 Å². The molecule has 7 heteroatoms. The van der Waals surface area contributed by atoms with Crippen LogP contribution in [0.4, 0.5) is 0 Å². The summed E-state index contributed by atoms with van der Waals surface area (Å²) in [5.74, 6) is 0.740. The lowest BCUT2D eigenvalue weighted by atomic mass is 9.85. The predicted molar refractivity (Wildman–Crippen MR) is 135 cm³/mol. The molecule has 1 unspecified atom stereocenters. The average molecular weight is 485 g/mol. The van der Waals surface area contributed by atoms with E-state index in [0.29, 0.717) is 51.5 Å². The summed E-state index contributed by atoms with van der Waals surface area (Å²) in [6.07, 6.45) is 1.48. The van der Waals surface area contributed by atoms with Crippen LogP contribution in [0.2, 0.25) is 0 Å². The number of esters is 1. The minimum Gasteiger partial charge on any atom is -0.508 e. The van der Waals surface area contributed by atoms with E-state index in [1.54, 1.807) is 37.4 Å². The van der Waals surface area contributed by atoms with Gasteiger partial charge in [0.25, 0.3) is 0 Å². The van der Waals surface area contributed by atoms with Crippen molar-refractivity contribution in [3.05, 3.63) is 94.4 Å². The molecule has 0 saturated carbocycles. The largest absolute Gasteiger partial charge is 0.508 e. The Balaban J connectivity index is 1.63. The molecule has 0 saturated heterocycles. The van der Waals surface area contributed by atoms with Gasteiger partial charge in [0, 0.05) is 11.5 Å². The number of phenolic OH excluding ortho intramolecular Hbond substituents is 1. The molecular weight excluding hydrogens is 460 g/mol. The van der Waals surface area contributed by atoms with Gasteiger partial charge in [-0.1, -0.05) is 24.8 Å². The summed E-state index contributed by atoms with van der Waals surface area (Å²) in [4.78, 5) is 25.9. The highest BCUT2D eigenvalue weighted by molar-refractivity contribution is 5.90. The van der Waals surface area contributed by atoms with Crippen LogP contribution in [0.15, 0.2) is 82.2 Å². The molecule has 182 valence electrons. The van der Waals surface area contributed by atoms with Gasteiger partial charge in [-0.05, 0) is 60.0 Å². The van der Waals surface area contributed by atoms with Crippen molar-refractivity contribution in [3.8, 4) is 34.1 Å². The first-order valence-corrected chi connectivity index (χ1v) is 11.4. The average Bonchev–Trinajstić information content (AvgIpc) is 2.87. The van der Waals surface area contributed by atoms with E-state index in [1.165, 1.54) is 18.4 Å². The fourth-order valence-electron chi connectivity index (χ4n) is 4.40. The van der Waals surface area contributed by atoms with Crippen molar-refractivity contribution >= 4 is 16.9 Å². The molecule has 1 atom stereocenters. The highest BCUT2D eigenvalue weighted by Crippen LogP contribution is 2.44. The third kappa shape index (κ3) is 4.20. The van der Waals surface area contributed by atoms with E-state index in [1.807, 2.05) is 19.1 Å². The molecule has 0 spiro atoms. The maximum Gasteiger partial charge on any atom is 0.312 e. The molecule has 3 aromatic carbocycles. The number of rotatable bonds is 6. The van der Waals surface area contributed by atoms with Crippen LogP contribution in [0, 0.1) is 0 Å². The van der Waals surface area contributed by atoms with Crippen molar-refractivity contribution in [2.45, 2.75) is 19.3 Å². The second-order valence-corrected chi connectivity index (χ2v) is 8.77. The summed E-state index contributed by atoms with van der Waals surface area (Å²) in [5.41, 5.74) is 3.43. The highest BCUT2D eigenvalue weighted by atomic mass is 16.5. The van der Waals surface area contributed by atoms with Gasteiger partial charge in [0.15, 0.2) is 11.5 Å². The molecule has 0 fully saturated rings. The molecule has 0 radical (unpaired) electrons. The first-order valence-electron chi connectivity index (χ1n) is 11.4. The lowest BCUT2D eigenvalue weighted by Gasteiger charge is -2.26. The fraction of sp³-hybridized carbons (Fsp3) is 0.172. The Morgan fingerprint density at radius 3 is 2.58 bits per heavy atom. The zero-order valence-corrected chi connectivity index (χ0v) is 19.9. The summed E-state index contributed by atoms with van der Waals surface area (Å²) in [6.45, 7) is 6.08. The van der Waals surface area contributed by atoms with Gasteiger partial charge in [-0.3, -0.25) is 9.59 Å². The van der Waals surface area contributed by atoms with E-state index in [4.69, 9.17) is 18.6 Å². The Morgan fingerprint density at radius 2 is 1.86 bits per heavy atom. The predicted octanol–water partition coefficient (Wildman–Crippen LogP) is 5.57. The molecule has 36 heavy (non-hydrogen) atoms. The molecule has 1 aromatic heterocycles. The van der Waals surface area contributed by atoms with Crippen LogP contribution in [0.5, 0.6) is 23.0 Å². The van der Waals surface area contributed by atoms with E-state index < -0.39 is 5.92 Å². The third-order valence-electron chi connectivity index (χ3n) is 6.13. The summed E-state index contributed by atoms with van der Waals surface area (Å²) in [6, 6.07) is 15.0. The maximum atomic E-state index is 13.4. The van der Waals surface area contributed by atoms with Gasteiger partial charge >= 0.3 is 5.97 Å². The molecule has 2 heterocycles. The smallest absolute Gasteiger partial charge is 0.312 e. The number of benzene rings is 3. The number of fused-ring (bicyclic) bond motifs is 3. The molecule has 4 aromatic rings. The molecule has 0 bridgehead atoms. The number of hydrogen-bond acceptors (Lipinski definition) is 7. The van der Waals surface area contributed by atoms with Crippen LogP contribution in [-0.4, -0.2) is 24.8 Å². The van der Waals surface area contributed by atoms with E-state index in [-0.39, 0.29) is 23.6 Å². The zero-order chi connectivity index (χ0) is 25.4. The Labute approximate surface area is 207 Å². The van der Waals surface area contributed by atoms with Crippen molar-refractivity contribution < 1.29 is 28.5 Å². The number of phenols is 1. The van der Waals surface area contributed by atoms with E-state index in [0.717, 1.165) is 11.1 Å². The van der Waals surface area contributed by atoms with Crippen molar-refractivity contribution in [2.75, 3.05) is 13.7 Å². The molecule has 0 aliphatic carbocycles. The summed E-state index contributed by atoms with van der Waals surface area (Å²) in [5, 5.41) is 9.95. The van der Waals surface area contributed by atoms with Gasteiger partial charge in [-0.2, -0.15) is 0 Å². The summed E-state index contributed by atoms with van der Waals surface area (Å²) >= 11 is 0. The first kappa shape index (κ1) is 23.2. The Morgan fingerprint density at radius 1 is 1.08 bits per heavy atom. The minimum atomic E-state index is -0.420. The number of hydrogen-bond donors (Lipinski definition) is 1. The summed E-state index contributed by atoms with van der Waals surface area (Å²) < 4.78 is 22.9. The quantitative estimate of drug-likeness (QED) is 0.217. The standard InChI is InChI=1S/C29H24O7/c1-16(2)14-34-23-10-6-18(12-25(23)33-3)21-13-26(31)36-24-11-9-20-28(32)22(15-35-29(20)27(21)24)17-4-7-19(30)8-5-17/h4-12,15,21,30H,1,13-14H2,2-3H3. The second kappa shape index (κ2) is 9.26. The molecular formula is C29H24O7. The molecule has 0 amide bonds. The molecule has 5 rings (SSSR count). The number of ether oxygens (including phenoxy) is 3. The molecule has 1 aliphatic rings. The van der Waals surface area contributed by atoms with Gasteiger partial charge < -0.3 is 23.7 Å². The number of carbonyl (C=O) groups excluding carboxylic acids is 1. The van der Waals surface area contributed by atoms with Crippen LogP contribution in [0.25, 0.3) is 22.1 Å². The Bertz CT molecular complexity index is 1550. The zero-order valence-electron chi connectivity index (χ0n) is 19.9. The van der Waals surface area contributed by atoms with Crippen molar-refractivity contribution in [1.82, 2.24) is 0 Å². The van der Waals surface area contributed by atoms with Crippen LogP contribution in [0.1, 0.15) is 30.4 Å². The maximum absolute atomic E-state index is 13.4. The first-order chi connectivity index (χ1) is 17.4. The lowest BCUT2D eigenvalue weighted by Crippen LogP contribution is -2.22. The second-order valence-electron chi connectivity index (χ2n) is 8.77. The van der Waals surface area contributed by atoms with E-state index >= 15 is 0 Å². The monoisotopic (exact) mass is 484 g/mol. The highest BCUT2D eigenvalue weighted by Gasteiger charge is 2.32. The number of aromatic hydroxyl groups is 1. The van der Waals surface area contributed by atoms with E-state index in [2.05, 4.69) is 6.58 Å². The third-order valence-corrected chi connectivity index (χ3v) is 6.13. The van der Waals surface area contributed by atoms with Crippen LogP contribution >= 0.6 is 0 Å². The van der Waals surface area contributed by atoms with Gasteiger partial charge in [-0.15, -0.1) is 0 Å². The topological polar surface area (TPSA) is 95.2 Å². The van der Waals surface area contributed by atoms with Gasteiger partial charge in [0.1, 0.15) is 30.0 Å².